The van der Waals surface area contributed by atoms with Crippen molar-refractivity contribution in [2.75, 3.05) is 18.1 Å². The molecule has 1 rings (SSSR count). The molecule has 6 heteroatoms. The lowest BCUT2D eigenvalue weighted by Crippen LogP contribution is -2.12. The van der Waals surface area contributed by atoms with E-state index in [0.717, 1.165) is 0 Å². The van der Waals surface area contributed by atoms with Gasteiger partial charge in [-0.1, -0.05) is 13.0 Å². The molecule has 1 atom stereocenters. The smallest absolute Gasteiger partial charge is 0.165 e. The summed E-state index contributed by atoms with van der Waals surface area (Å²) < 4.78 is 41.4. The second kappa shape index (κ2) is 6.86. The number of halogens is 1. The molecule has 0 amide bonds. The van der Waals surface area contributed by atoms with E-state index in [9.17, 15) is 12.8 Å². The molecule has 0 aliphatic rings. The fourth-order valence-electron chi connectivity index (χ4n) is 1.52. The first-order chi connectivity index (χ1) is 8.85. The highest BCUT2D eigenvalue weighted by atomic mass is 32.2. The predicted molar refractivity (Wildman–Crippen MR) is 73.4 cm³/mol. The summed E-state index contributed by atoms with van der Waals surface area (Å²) in [5.74, 6) is -0.181. The second-order valence-electron chi connectivity index (χ2n) is 4.42. The Bertz CT molecular complexity index is 515. The third-order valence-corrected chi connectivity index (χ3v) is 4.57. The standard InChI is InChI=1S/C13H20FNO3S/c1-3-19(16,17)8-4-7-18-13-6-5-11(10(2)15)9-12(13)14/h5-6,9-10H,3-4,7-8,15H2,1-2H3/t10-/m0/s1. The second-order valence-corrected chi connectivity index (χ2v) is 6.89. The molecule has 1 aromatic carbocycles. The maximum absolute atomic E-state index is 13.6. The van der Waals surface area contributed by atoms with Crippen LogP contribution in [0.5, 0.6) is 5.75 Å². The molecule has 108 valence electrons. The largest absolute Gasteiger partial charge is 0.490 e. The van der Waals surface area contributed by atoms with Crippen LogP contribution in [0, 0.1) is 5.82 Å². The SMILES string of the molecule is CCS(=O)(=O)CCCOc1ccc([C@H](C)N)cc1F. The van der Waals surface area contributed by atoms with Crippen molar-refractivity contribution in [3.05, 3.63) is 29.6 Å². The van der Waals surface area contributed by atoms with Gasteiger partial charge in [-0.2, -0.15) is 0 Å². The molecule has 0 unspecified atom stereocenters. The van der Waals surface area contributed by atoms with Crippen LogP contribution in [0.15, 0.2) is 18.2 Å². The van der Waals surface area contributed by atoms with Gasteiger partial charge in [-0.05, 0) is 31.0 Å². The fraction of sp³-hybridized carbons (Fsp3) is 0.538. The van der Waals surface area contributed by atoms with E-state index in [1.165, 1.54) is 12.1 Å². The maximum atomic E-state index is 13.6. The lowest BCUT2D eigenvalue weighted by molar-refractivity contribution is 0.301. The van der Waals surface area contributed by atoms with Gasteiger partial charge in [0.05, 0.1) is 12.4 Å². The van der Waals surface area contributed by atoms with Crippen molar-refractivity contribution in [1.29, 1.82) is 0 Å². The molecule has 0 heterocycles. The number of sulfone groups is 1. The summed E-state index contributed by atoms with van der Waals surface area (Å²) in [5, 5.41) is 0. The molecule has 0 bridgehead atoms. The Labute approximate surface area is 113 Å². The summed E-state index contributed by atoms with van der Waals surface area (Å²) in [5.41, 5.74) is 6.34. The summed E-state index contributed by atoms with van der Waals surface area (Å²) >= 11 is 0. The molecule has 0 saturated carbocycles. The first kappa shape index (κ1) is 15.9. The van der Waals surface area contributed by atoms with Crippen LogP contribution < -0.4 is 10.5 Å². The van der Waals surface area contributed by atoms with Crippen molar-refractivity contribution in [1.82, 2.24) is 0 Å². The predicted octanol–water partition coefficient (Wildman–Crippen LogP) is 2.05. The van der Waals surface area contributed by atoms with E-state index in [2.05, 4.69) is 0 Å². The summed E-state index contributed by atoms with van der Waals surface area (Å²) in [6, 6.07) is 4.31. The van der Waals surface area contributed by atoms with Gasteiger partial charge in [0, 0.05) is 11.8 Å². The highest BCUT2D eigenvalue weighted by molar-refractivity contribution is 7.91. The average molecular weight is 289 g/mol. The van der Waals surface area contributed by atoms with Crippen LogP contribution in [0.2, 0.25) is 0 Å². The van der Waals surface area contributed by atoms with Crippen molar-refractivity contribution in [3.8, 4) is 5.75 Å². The zero-order chi connectivity index (χ0) is 14.5. The zero-order valence-corrected chi connectivity index (χ0v) is 12.0. The number of hydrogen-bond acceptors (Lipinski definition) is 4. The molecule has 0 saturated heterocycles. The summed E-state index contributed by atoms with van der Waals surface area (Å²) in [4.78, 5) is 0. The number of hydrogen-bond donors (Lipinski definition) is 1. The van der Waals surface area contributed by atoms with Crippen LogP contribution in [0.25, 0.3) is 0 Å². The van der Waals surface area contributed by atoms with Crippen molar-refractivity contribution >= 4 is 9.84 Å². The first-order valence-electron chi connectivity index (χ1n) is 6.24. The average Bonchev–Trinajstić information content (AvgIpc) is 2.36. The minimum atomic E-state index is -2.99. The first-order valence-corrected chi connectivity index (χ1v) is 8.06. The van der Waals surface area contributed by atoms with Crippen LogP contribution in [-0.4, -0.2) is 26.5 Å². The Hall–Kier alpha value is -1.14. The van der Waals surface area contributed by atoms with Crippen molar-refractivity contribution in [2.24, 2.45) is 5.73 Å². The van der Waals surface area contributed by atoms with Crippen LogP contribution in [0.1, 0.15) is 31.9 Å². The Balaban J connectivity index is 2.50. The monoisotopic (exact) mass is 289 g/mol. The van der Waals surface area contributed by atoms with Gasteiger partial charge < -0.3 is 10.5 Å². The maximum Gasteiger partial charge on any atom is 0.165 e. The van der Waals surface area contributed by atoms with Crippen molar-refractivity contribution in [2.45, 2.75) is 26.3 Å². The minimum Gasteiger partial charge on any atom is -0.490 e. The van der Waals surface area contributed by atoms with Crippen LogP contribution in [0.3, 0.4) is 0 Å². The molecule has 0 fully saturated rings. The highest BCUT2D eigenvalue weighted by Crippen LogP contribution is 2.21. The highest BCUT2D eigenvalue weighted by Gasteiger charge is 2.09. The Morgan fingerprint density at radius 1 is 1.42 bits per heavy atom. The van der Waals surface area contributed by atoms with E-state index in [-0.39, 0.29) is 29.9 Å². The number of ether oxygens (including phenoxy) is 1. The van der Waals surface area contributed by atoms with Gasteiger partial charge in [-0.15, -0.1) is 0 Å². The van der Waals surface area contributed by atoms with Crippen molar-refractivity contribution < 1.29 is 17.5 Å². The molecule has 0 aromatic heterocycles. The van der Waals surface area contributed by atoms with Gasteiger partial charge in [0.15, 0.2) is 11.6 Å². The molecule has 0 radical (unpaired) electrons. The molecule has 0 aliphatic carbocycles. The Morgan fingerprint density at radius 2 is 2.11 bits per heavy atom. The van der Waals surface area contributed by atoms with Crippen molar-refractivity contribution in [3.63, 3.8) is 0 Å². The van der Waals surface area contributed by atoms with Gasteiger partial charge in [-0.3, -0.25) is 0 Å². The minimum absolute atomic E-state index is 0.0586. The van der Waals surface area contributed by atoms with E-state index >= 15 is 0 Å². The third-order valence-electron chi connectivity index (χ3n) is 2.78. The Morgan fingerprint density at radius 3 is 2.63 bits per heavy atom. The van der Waals surface area contributed by atoms with E-state index in [0.29, 0.717) is 12.0 Å². The fourth-order valence-corrected chi connectivity index (χ4v) is 2.37. The third kappa shape index (κ3) is 5.16. The normalized spacial score (nSPS) is 13.3. The van der Waals surface area contributed by atoms with Crippen LogP contribution in [0.4, 0.5) is 4.39 Å². The lowest BCUT2D eigenvalue weighted by atomic mass is 10.1. The summed E-state index contributed by atoms with van der Waals surface area (Å²) in [6.45, 7) is 3.54. The van der Waals surface area contributed by atoms with Gasteiger partial charge in [0.25, 0.3) is 0 Å². The van der Waals surface area contributed by atoms with Crippen LogP contribution in [-0.2, 0) is 9.84 Å². The van der Waals surface area contributed by atoms with E-state index in [1.54, 1.807) is 19.9 Å². The van der Waals surface area contributed by atoms with Crippen LogP contribution >= 0.6 is 0 Å². The molecule has 2 N–H and O–H groups in total. The summed E-state index contributed by atoms with van der Waals surface area (Å²) in [6.07, 6.45) is 0.352. The van der Waals surface area contributed by atoms with E-state index in [4.69, 9.17) is 10.5 Å². The van der Waals surface area contributed by atoms with E-state index < -0.39 is 15.7 Å². The number of nitrogens with two attached hydrogens (primary N) is 1. The van der Waals surface area contributed by atoms with E-state index in [1.807, 2.05) is 0 Å². The molecule has 0 spiro atoms. The summed E-state index contributed by atoms with van der Waals surface area (Å²) in [7, 11) is -2.99. The number of rotatable bonds is 7. The topological polar surface area (TPSA) is 69.4 Å². The quantitative estimate of drug-likeness (QED) is 0.780. The zero-order valence-electron chi connectivity index (χ0n) is 11.2. The van der Waals surface area contributed by atoms with Gasteiger partial charge in [-0.25, -0.2) is 12.8 Å². The molecular weight excluding hydrogens is 269 g/mol. The van der Waals surface area contributed by atoms with Gasteiger partial charge in [0.2, 0.25) is 0 Å². The number of benzene rings is 1. The molecule has 19 heavy (non-hydrogen) atoms. The molecule has 0 aliphatic heterocycles. The Kier molecular flexibility index (Phi) is 5.75. The lowest BCUT2D eigenvalue weighted by Gasteiger charge is -2.10. The molecular formula is C13H20FNO3S. The van der Waals surface area contributed by atoms with Gasteiger partial charge >= 0.3 is 0 Å². The molecule has 4 nitrogen and oxygen atoms in total. The van der Waals surface area contributed by atoms with Gasteiger partial charge in [0.1, 0.15) is 9.84 Å². The molecule has 1 aromatic rings.